The molecule has 2 rings (SSSR count). The zero-order chi connectivity index (χ0) is 13.2. The predicted molar refractivity (Wildman–Crippen MR) is 68.2 cm³/mol. The van der Waals surface area contributed by atoms with Gasteiger partial charge in [0.1, 0.15) is 11.0 Å². The molecule has 100 valence electrons. The van der Waals surface area contributed by atoms with E-state index >= 15 is 0 Å². The van der Waals surface area contributed by atoms with Crippen LogP contribution in [0.25, 0.3) is 0 Å². The van der Waals surface area contributed by atoms with Crippen molar-refractivity contribution in [3.63, 3.8) is 0 Å². The lowest BCUT2D eigenvalue weighted by molar-refractivity contribution is 0.134. The minimum absolute atomic E-state index is 0.0378. The number of hydrogen-bond acceptors (Lipinski definition) is 5. The first-order valence-corrected chi connectivity index (χ1v) is 7.93. The smallest absolute Gasteiger partial charge is 0.232 e. The minimum Gasteiger partial charge on any atom is -0.473 e. The van der Waals surface area contributed by atoms with Gasteiger partial charge in [0.25, 0.3) is 0 Å². The molecule has 0 radical (unpaired) electrons. The maximum Gasteiger partial charge on any atom is 0.232 e. The molecule has 1 aliphatic carbocycles. The second kappa shape index (κ2) is 5.24. The quantitative estimate of drug-likeness (QED) is 0.890. The molecule has 2 unspecified atom stereocenters. The molecule has 0 aliphatic heterocycles. The SMILES string of the molecule is CS(=O)(=O)c1cccnc1OC1CCCC(N)C1. The summed E-state index contributed by atoms with van der Waals surface area (Å²) in [5.74, 6) is 0.194. The Morgan fingerprint density at radius 1 is 1.44 bits per heavy atom. The van der Waals surface area contributed by atoms with Crippen LogP contribution in [0.4, 0.5) is 0 Å². The topological polar surface area (TPSA) is 82.3 Å². The van der Waals surface area contributed by atoms with Crippen LogP contribution in [0, 0.1) is 0 Å². The Labute approximate surface area is 107 Å². The van der Waals surface area contributed by atoms with Gasteiger partial charge in [0, 0.05) is 18.5 Å². The minimum atomic E-state index is -3.32. The number of ether oxygens (including phenoxy) is 1. The summed E-state index contributed by atoms with van der Waals surface area (Å²) in [5.41, 5.74) is 5.88. The fraction of sp³-hybridized carbons (Fsp3) is 0.583. The number of sulfone groups is 1. The highest BCUT2D eigenvalue weighted by molar-refractivity contribution is 7.90. The van der Waals surface area contributed by atoms with Gasteiger partial charge >= 0.3 is 0 Å². The standard InChI is InChI=1S/C12H18N2O3S/c1-18(15,16)11-6-3-7-14-12(11)17-10-5-2-4-9(13)8-10/h3,6-7,9-10H,2,4-5,8,13H2,1H3. The molecule has 0 spiro atoms. The number of hydrogen-bond donors (Lipinski definition) is 1. The van der Waals surface area contributed by atoms with Gasteiger partial charge < -0.3 is 10.5 Å². The number of nitrogens with two attached hydrogens (primary N) is 1. The van der Waals surface area contributed by atoms with Crippen molar-refractivity contribution < 1.29 is 13.2 Å². The average Bonchev–Trinajstić information content (AvgIpc) is 2.28. The van der Waals surface area contributed by atoms with Crippen LogP contribution in [0.3, 0.4) is 0 Å². The summed E-state index contributed by atoms with van der Waals surface area (Å²) in [6, 6.07) is 3.24. The molecule has 5 nitrogen and oxygen atoms in total. The molecule has 2 N–H and O–H groups in total. The van der Waals surface area contributed by atoms with Crippen molar-refractivity contribution >= 4 is 9.84 Å². The van der Waals surface area contributed by atoms with Gasteiger partial charge in [-0.05, 0) is 37.8 Å². The predicted octanol–water partition coefficient (Wildman–Crippen LogP) is 1.13. The van der Waals surface area contributed by atoms with E-state index < -0.39 is 9.84 Å². The van der Waals surface area contributed by atoms with Crippen LogP contribution in [0.1, 0.15) is 25.7 Å². The van der Waals surface area contributed by atoms with Crippen molar-refractivity contribution in [1.82, 2.24) is 4.98 Å². The summed E-state index contributed by atoms with van der Waals surface area (Å²) < 4.78 is 28.9. The summed E-state index contributed by atoms with van der Waals surface area (Å²) in [6.45, 7) is 0. The molecule has 1 fully saturated rings. The number of nitrogens with zero attached hydrogens (tertiary/aromatic N) is 1. The van der Waals surface area contributed by atoms with Gasteiger partial charge in [-0.3, -0.25) is 0 Å². The van der Waals surface area contributed by atoms with Gasteiger partial charge in [0.05, 0.1) is 0 Å². The van der Waals surface area contributed by atoms with E-state index in [2.05, 4.69) is 4.98 Å². The van der Waals surface area contributed by atoms with Crippen LogP contribution in [-0.4, -0.2) is 31.8 Å². The van der Waals surface area contributed by atoms with Crippen LogP contribution in [0.5, 0.6) is 5.88 Å². The molecule has 1 aromatic heterocycles. The normalized spacial score (nSPS) is 24.8. The Morgan fingerprint density at radius 3 is 2.89 bits per heavy atom. The van der Waals surface area contributed by atoms with E-state index in [1.165, 1.54) is 12.3 Å². The zero-order valence-corrected chi connectivity index (χ0v) is 11.2. The zero-order valence-electron chi connectivity index (χ0n) is 10.4. The maximum atomic E-state index is 11.6. The van der Waals surface area contributed by atoms with Crippen LogP contribution >= 0.6 is 0 Å². The Bertz CT molecular complexity index is 516. The van der Waals surface area contributed by atoms with Gasteiger partial charge in [-0.1, -0.05) is 0 Å². The van der Waals surface area contributed by atoms with E-state index in [4.69, 9.17) is 10.5 Å². The third-order valence-electron chi connectivity index (χ3n) is 3.08. The summed E-state index contributed by atoms with van der Waals surface area (Å²) in [5, 5.41) is 0. The fourth-order valence-electron chi connectivity index (χ4n) is 2.19. The van der Waals surface area contributed by atoms with Crippen molar-refractivity contribution in [2.75, 3.05) is 6.26 Å². The molecular formula is C12H18N2O3S. The lowest BCUT2D eigenvalue weighted by Crippen LogP contribution is -2.34. The van der Waals surface area contributed by atoms with Crippen LogP contribution in [0.15, 0.2) is 23.2 Å². The van der Waals surface area contributed by atoms with E-state index in [1.54, 1.807) is 6.07 Å². The molecule has 0 bridgehead atoms. The maximum absolute atomic E-state index is 11.6. The Kier molecular flexibility index (Phi) is 3.87. The molecule has 1 heterocycles. The third kappa shape index (κ3) is 3.20. The molecule has 2 atom stereocenters. The Hall–Kier alpha value is -1.14. The average molecular weight is 270 g/mol. The largest absolute Gasteiger partial charge is 0.473 e. The summed E-state index contributed by atoms with van der Waals surface area (Å²) in [6.07, 6.45) is 6.31. The first-order chi connectivity index (χ1) is 8.47. The van der Waals surface area contributed by atoms with Crippen molar-refractivity contribution in [2.45, 2.75) is 42.7 Å². The summed E-state index contributed by atoms with van der Waals surface area (Å²) in [7, 11) is -3.32. The Morgan fingerprint density at radius 2 is 2.22 bits per heavy atom. The number of rotatable bonds is 3. The van der Waals surface area contributed by atoms with E-state index in [0.717, 1.165) is 31.9 Å². The number of aromatic nitrogens is 1. The van der Waals surface area contributed by atoms with Gasteiger partial charge in [0.15, 0.2) is 9.84 Å². The van der Waals surface area contributed by atoms with Crippen molar-refractivity contribution in [3.05, 3.63) is 18.3 Å². The van der Waals surface area contributed by atoms with Gasteiger partial charge in [-0.15, -0.1) is 0 Å². The first kappa shape index (κ1) is 13.3. The van der Waals surface area contributed by atoms with E-state index in [0.29, 0.717) is 0 Å². The summed E-state index contributed by atoms with van der Waals surface area (Å²) in [4.78, 5) is 4.16. The molecule has 1 saturated carbocycles. The van der Waals surface area contributed by atoms with Crippen LogP contribution in [-0.2, 0) is 9.84 Å². The molecule has 18 heavy (non-hydrogen) atoms. The molecule has 1 aromatic rings. The molecule has 0 aromatic carbocycles. The summed E-state index contributed by atoms with van der Waals surface area (Å²) >= 11 is 0. The van der Waals surface area contributed by atoms with Gasteiger partial charge in [0.2, 0.25) is 5.88 Å². The molecule has 6 heteroatoms. The fourth-order valence-corrected chi connectivity index (χ4v) is 2.94. The van der Waals surface area contributed by atoms with Crippen LogP contribution in [0.2, 0.25) is 0 Å². The molecular weight excluding hydrogens is 252 g/mol. The van der Waals surface area contributed by atoms with E-state index in [9.17, 15) is 8.42 Å². The van der Waals surface area contributed by atoms with Crippen molar-refractivity contribution in [1.29, 1.82) is 0 Å². The highest BCUT2D eigenvalue weighted by Crippen LogP contribution is 2.26. The Balaban J connectivity index is 2.19. The van der Waals surface area contributed by atoms with Crippen LogP contribution < -0.4 is 10.5 Å². The van der Waals surface area contributed by atoms with Crippen molar-refractivity contribution in [2.24, 2.45) is 5.73 Å². The first-order valence-electron chi connectivity index (χ1n) is 6.04. The molecule has 0 saturated heterocycles. The lowest BCUT2D eigenvalue weighted by Gasteiger charge is -2.27. The lowest BCUT2D eigenvalue weighted by atomic mass is 9.94. The van der Waals surface area contributed by atoms with Gasteiger partial charge in [-0.2, -0.15) is 0 Å². The van der Waals surface area contributed by atoms with E-state index in [-0.39, 0.29) is 22.9 Å². The van der Waals surface area contributed by atoms with E-state index in [1.807, 2.05) is 0 Å². The van der Waals surface area contributed by atoms with Crippen molar-refractivity contribution in [3.8, 4) is 5.88 Å². The molecule has 1 aliphatic rings. The number of pyridine rings is 1. The van der Waals surface area contributed by atoms with Gasteiger partial charge in [-0.25, -0.2) is 13.4 Å². The second-order valence-corrected chi connectivity index (χ2v) is 6.73. The monoisotopic (exact) mass is 270 g/mol. The highest BCUT2D eigenvalue weighted by atomic mass is 32.2. The second-order valence-electron chi connectivity index (χ2n) is 4.75. The highest BCUT2D eigenvalue weighted by Gasteiger charge is 2.23. The molecule has 0 amide bonds. The third-order valence-corrected chi connectivity index (χ3v) is 4.19.